The number of methoxy groups -OCH3 is 1. The molecule has 1 aliphatic rings. The molecule has 29 heavy (non-hydrogen) atoms. The predicted molar refractivity (Wildman–Crippen MR) is 112 cm³/mol. The van der Waals surface area contributed by atoms with Crippen LogP contribution in [-0.2, 0) is 16.0 Å². The molecular formula is C24H30FNO3. The number of ether oxygens (including phenoxy) is 2. The third-order valence-electron chi connectivity index (χ3n) is 5.89. The van der Waals surface area contributed by atoms with Gasteiger partial charge in [0.25, 0.3) is 0 Å². The number of rotatable bonds is 7. The Bertz CT molecular complexity index is 829. The molecule has 2 aromatic carbocycles. The summed E-state index contributed by atoms with van der Waals surface area (Å²) in [4.78, 5) is 13.1. The molecule has 1 aliphatic heterocycles. The summed E-state index contributed by atoms with van der Waals surface area (Å²) in [5.74, 6) is 0.451. The van der Waals surface area contributed by atoms with Gasteiger partial charge < -0.3 is 14.8 Å². The Kier molecular flexibility index (Phi) is 6.91. The standard InChI is InChI=1S/C24H30FNO3/c1-4-17(2)26-23(27)24(11-13-29-14-12-24)16-18-5-7-19(8-6-18)21-15-20(25)9-10-22(21)28-3/h5-10,15,17H,4,11-14,16H2,1-3H3,(H,26,27)/t17-/m1/s1. The van der Waals surface area contributed by atoms with Crippen LogP contribution in [0.25, 0.3) is 11.1 Å². The minimum absolute atomic E-state index is 0.117. The summed E-state index contributed by atoms with van der Waals surface area (Å²) in [7, 11) is 1.58. The number of carbonyl (C=O) groups is 1. The average molecular weight is 400 g/mol. The first kappa shape index (κ1) is 21.3. The van der Waals surface area contributed by atoms with Gasteiger partial charge in [-0.2, -0.15) is 0 Å². The largest absolute Gasteiger partial charge is 0.496 e. The second-order valence-corrected chi connectivity index (χ2v) is 7.89. The fourth-order valence-electron chi connectivity index (χ4n) is 3.82. The number of benzene rings is 2. The van der Waals surface area contributed by atoms with Gasteiger partial charge in [0.1, 0.15) is 11.6 Å². The van der Waals surface area contributed by atoms with Crippen LogP contribution >= 0.6 is 0 Å². The minimum Gasteiger partial charge on any atom is -0.496 e. The van der Waals surface area contributed by atoms with Gasteiger partial charge >= 0.3 is 0 Å². The van der Waals surface area contributed by atoms with Crippen LogP contribution in [0.5, 0.6) is 5.75 Å². The first-order valence-corrected chi connectivity index (χ1v) is 10.3. The molecule has 1 atom stereocenters. The molecule has 0 saturated carbocycles. The maximum absolute atomic E-state index is 13.7. The van der Waals surface area contributed by atoms with Gasteiger partial charge in [0.05, 0.1) is 12.5 Å². The molecule has 3 rings (SSSR count). The minimum atomic E-state index is -0.445. The lowest BCUT2D eigenvalue weighted by Crippen LogP contribution is -2.48. The molecule has 5 heteroatoms. The van der Waals surface area contributed by atoms with E-state index in [1.807, 2.05) is 31.2 Å². The van der Waals surface area contributed by atoms with Crippen molar-refractivity contribution in [2.45, 2.75) is 45.6 Å². The van der Waals surface area contributed by atoms with Crippen molar-refractivity contribution in [3.63, 3.8) is 0 Å². The molecule has 0 aliphatic carbocycles. The lowest BCUT2D eigenvalue weighted by atomic mass is 9.74. The van der Waals surface area contributed by atoms with Crippen LogP contribution in [0.15, 0.2) is 42.5 Å². The molecule has 1 fully saturated rings. The zero-order chi connectivity index (χ0) is 20.9. The van der Waals surface area contributed by atoms with Crippen LogP contribution < -0.4 is 10.1 Å². The van der Waals surface area contributed by atoms with Crippen molar-refractivity contribution in [2.24, 2.45) is 5.41 Å². The van der Waals surface area contributed by atoms with Crippen LogP contribution in [0.4, 0.5) is 4.39 Å². The normalized spacial score (nSPS) is 16.8. The van der Waals surface area contributed by atoms with Gasteiger partial charge in [-0.15, -0.1) is 0 Å². The monoisotopic (exact) mass is 399 g/mol. The van der Waals surface area contributed by atoms with E-state index in [1.54, 1.807) is 13.2 Å². The summed E-state index contributed by atoms with van der Waals surface area (Å²) in [5.41, 5.74) is 2.24. The fraction of sp³-hybridized carbons (Fsp3) is 0.458. The molecule has 156 valence electrons. The number of halogens is 1. The van der Waals surface area contributed by atoms with Crippen molar-refractivity contribution in [3.05, 3.63) is 53.8 Å². The molecule has 0 aromatic heterocycles. The lowest BCUT2D eigenvalue weighted by molar-refractivity contribution is -0.137. The summed E-state index contributed by atoms with van der Waals surface area (Å²) < 4.78 is 24.6. The van der Waals surface area contributed by atoms with Gasteiger partial charge in [0, 0.05) is 24.8 Å². The summed E-state index contributed by atoms with van der Waals surface area (Å²) in [6.07, 6.45) is 3.01. The first-order valence-electron chi connectivity index (χ1n) is 10.3. The third-order valence-corrected chi connectivity index (χ3v) is 5.89. The van der Waals surface area contributed by atoms with Crippen LogP contribution in [0.2, 0.25) is 0 Å². The maximum Gasteiger partial charge on any atom is 0.226 e. The average Bonchev–Trinajstić information content (AvgIpc) is 2.74. The smallest absolute Gasteiger partial charge is 0.226 e. The molecule has 4 nitrogen and oxygen atoms in total. The zero-order valence-electron chi connectivity index (χ0n) is 17.5. The van der Waals surface area contributed by atoms with E-state index < -0.39 is 5.41 Å². The van der Waals surface area contributed by atoms with E-state index in [-0.39, 0.29) is 17.8 Å². The van der Waals surface area contributed by atoms with Crippen molar-refractivity contribution in [1.29, 1.82) is 0 Å². The Labute approximate surface area is 172 Å². The lowest BCUT2D eigenvalue weighted by Gasteiger charge is -2.36. The van der Waals surface area contributed by atoms with E-state index in [0.29, 0.717) is 30.9 Å². The summed E-state index contributed by atoms with van der Waals surface area (Å²) >= 11 is 0. The molecule has 1 saturated heterocycles. The van der Waals surface area contributed by atoms with Gasteiger partial charge in [-0.3, -0.25) is 4.79 Å². The molecule has 0 spiro atoms. The van der Waals surface area contributed by atoms with E-state index in [4.69, 9.17) is 9.47 Å². The highest BCUT2D eigenvalue weighted by Crippen LogP contribution is 2.36. The second-order valence-electron chi connectivity index (χ2n) is 7.89. The fourth-order valence-corrected chi connectivity index (χ4v) is 3.82. The topological polar surface area (TPSA) is 47.6 Å². The Morgan fingerprint density at radius 1 is 1.21 bits per heavy atom. The Balaban J connectivity index is 1.83. The molecular weight excluding hydrogens is 369 g/mol. The number of carbonyl (C=O) groups excluding carboxylic acids is 1. The highest BCUT2D eigenvalue weighted by atomic mass is 19.1. The SMILES string of the molecule is CC[C@@H](C)NC(=O)C1(Cc2ccc(-c3cc(F)ccc3OC)cc2)CCOCC1. The van der Waals surface area contributed by atoms with E-state index >= 15 is 0 Å². The van der Waals surface area contributed by atoms with E-state index in [0.717, 1.165) is 30.4 Å². The maximum atomic E-state index is 13.7. The van der Waals surface area contributed by atoms with E-state index in [1.165, 1.54) is 12.1 Å². The van der Waals surface area contributed by atoms with Crippen LogP contribution in [0.3, 0.4) is 0 Å². The number of nitrogens with one attached hydrogen (secondary N) is 1. The molecule has 0 bridgehead atoms. The van der Waals surface area contributed by atoms with Crippen molar-refractivity contribution in [1.82, 2.24) is 5.32 Å². The molecule has 1 N–H and O–H groups in total. The van der Waals surface area contributed by atoms with Gasteiger partial charge in [-0.05, 0) is 61.9 Å². The summed E-state index contributed by atoms with van der Waals surface area (Å²) in [5, 5.41) is 3.17. The van der Waals surface area contributed by atoms with E-state index in [9.17, 15) is 9.18 Å². The highest BCUT2D eigenvalue weighted by molar-refractivity contribution is 5.83. The molecule has 0 unspecified atom stereocenters. The predicted octanol–water partition coefficient (Wildman–Crippen LogP) is 4.76. The van der Waals surface area contributed by atoms with Crippen LogP contribution in [0.1, 0.15) is 38.7 Å². The molecule has 1 amide bonds. The van der Waals surface area contributed by atoms with Crippen molar-refractivity contribution in [2.75, 3.05) is 20.3 Å². The molecule has 1 heterocycles. The first-order chi connectivity index (χ1) is 14.0. The molecule has 2 aromatic rings. The van der Waals surface area contributed by atoms with Gasteiger partial charge in [-0.1, -0.05) is 31.2 Å². The number of hydrogen-bond acceptors (Lipinski definition) is 3. The Morgan fingerprint density at radius 2 is 1.90 bits per heavy atom. The zero-order valence-corrected chi connectivity index (χ0v) is 17.5. The Hall–Kier alpha value is -2.40. The summed E-state index contributed by atoms with van der Waals surface area (Å²) in [6.45, 7) is 5.31. The van der Waals surface area contributed by atoms with Crippen molar-refractivity contribution in [3.8, 4) is 16.9 Å². The quantitative estimate of drug-likeness (QED) is 0.731. The second kappa shape index (κ2) is 9.40. The Morgan fingerprint density at radius 3 is 2.52 bits per heavy atom. The van der Waals surface area contributed by atoms with Gasteiger partial charge in [0.15, 0.2) is 0 Å². The van der Waals surface area contributed by atoms with Crippen molar-refractivity contribution < 1.29 is 18.7 Å². The highest BCUT2D eigenvalue weighted by Gasteiger charge is 2.40. The summed E-state index contributed by atoms with van der Waals surface area (Å²) in [6, 6.07) is 12.6. The van der Waals surface area contributed by atoms with E-state index in [2.05, 4.69) is 12.2 Å². The van der Waals surface area contributed by atoms with Gasteiger partial charge in [0.2, 0.25) is 5.91 Å². The van der Waals surface area contributed by atoms with Crippen molar-refractivity contribution >= 4 is 5.91 Å². The number of amides is 1. The van der Waals surface area contributed by atoms with Crippen LogP contribution in [0, 0.1) is 11.2 Å². The molecule has 0 radical (unpaired) electrons. The third kappa shape index (κ3) is 4.96. The van der Waals surface area contributed by atoms with Gasteiger partial charge in [-0.25, -0.2) is 4.39 Å². The number of hydrogen-bond donors (Lipinski definition) is 1. The van der Waals surface area contributed by atoms with Crippen LogP contribution in [-0.4, -0.2) is 32.3 Å².